The Balaban J connectivity index is 2.53. The minimum atomic E-state index is -3.64. The Morgan fingerprint density at radius 3 is 2.45 bits per heavy atom. The largest absolute Gasteiger partial charge is 0.356 e. The number of benzene rings is 1. The second-order valence-electron chi connectivity index (χ2n) is 4.13. The highest BCUT2D eigenvalue weighted by molar-refractivity contribution is 7.89. The summed E-state index contributed by atoms with van der Waals surface area (Å²) >= 11 is 0. The van der Waals surface area contributed by atoms with Gasteiger partial charge in [-0.05, 0) is 30.7 Å². The zero-order chi connectivity index (χ0) is 15.0. The van der Waals surface area contributed by atoms with Gasteiger partial charge < -0.3 is 5.32 Å². The average molecular weight is 295 g/mol. The number of nitrogens with one attached hydrogen (secondary N) is 2. The number of hydrogen-bond donors (Lipinski definition) is 2. The summed E-state index contributed by atoms with van der Waals surface area (Å²) in [6.45, 7) is 2.56. The molecule has 0 fully saturated rings. The smallest absolute Gasteiger partial charge is 0.240 e. The molecule has 0 radical (unpaired) electrons. The summed E-state index contributed by atoms with van der Waals surface area (Å²) < 4.78 is 26.2. The van der Waals surface area contributed by atoms with Crippen LogP contribution in [0.3, 0.4) is 0 Å². The van der Waals surface area contributed by atoms with Crippen LogP contribution in [0.1, 0.15) is 25.3 Å². The maximum absolute atomic E-state index is 11.9. The fraction of sp³-hybridized carbons (Fsp3) is 0.385. The van der Waals surface area contributed by atoms with Crippen LogP contribution in [-0.2, 0) is 14.8 Å². The van der Waals surface area contributed by atoms with Crippen LogP contribution in [0.25, 0.3) is 0 Å². The predicted octanol–water partition coefficient (Wildman–Crippen LogP) is 0.753. The maximum atomic E-state index is 11.9. The van der Waals surface area contributed by atoms with Crippen LogP contribution < -0.4 is 10.0 Å². The van der Waals surface area contributed by atoms with Gasteiger partial charge >= 0.3 is 0 Å². The highest BCUT2D eigenvalue weighted by Crippen LogP contribution is 2.09. The number of carbonyl (C=O) groups excluding carboxylic acids is 1. The Morgan fingerprint density at radius 2 is 1.90 bits per heavy atom. The third kappa shape index (κ3) is 4.99. The van der Waals surface area contributed by atoms with Crippen LogP contribution in [0.5, 0.6) is 0 Å². The van der Waals surface area contributed by atoms with Crippen LogP contribution in [0.15, 0.2) is 29.2 Å². The van der Waals surface area contributed by atoms with Crippen molar-refractivity contribution in [2.24, 2.45) is 0 Å². The molecule has 0 aromatic heterocycles. The van der Waals surface area contributed by atoms with Crippen molar-refractivity contribution in [3.8, 4) is 6.07 Å². The first-order valence-electron chi connectivity index (χ1n) is 6.26. The lowest BCUT2D eigenvalue weighted by molar-refractivity contribution is -0.120. The van der Waals surface area contributed by atoms with E-state index in [1.807, 2.05) is 13.0 Å². The van der Waals surface area contributed by atoms with Gasteiger partial charge in [0.2, 0.25) is 15.9 Å². The molecule has 0 spiro atoms. The molecule has 0 saturated heterocycles. The van der Waals surface area contributed by atoms with E-state index >= 15 is 0 Å². The monoisotopic (exact) mass is 295 g/mol. The molecule has 0 bridgehead atoms. The first kappa shape index (κ1) is 16.1. The standard InChI is InChI=1S/C13H17N3O3S/c1-2-8-15-13(17)7-9-16-20(18,19)12-5-3-11(10-14)4-6-12/h3-6,16H,2,7-9H2,1H3,(H,15,17). The van der Waals surface area contributed by atoms with Crippen molar-refractivity contribution in [1.29, 1.82) is 5.26 Å². The Kier molecular flexibility index (Phi) is 6.15. The van der Waals surface area contributed by atoms with Crippen molar-refractivity contribution in [1.82, 2.24) is 10.0 Å². The number of amides is 1. The number of hydrogen-bond acceptors (Lipinski definition) is 4. The normalized spacial score (nSPS) is 10.8. The second-order valence-corrected chi connectivity index (χ2v) is 5.90. The molecular weight excluding hydrogens is 278 g/mol. The van der Waals surface area contributed by atoms with Crippen LogP contribution in [0.2, 0.25) is 0 Å². The van der Waals surface area contributed by atoms with Crippen LogP contribution in [0.4, 0.5) is 0 Å². The van der Waals surface area contributed by atoms with Crippen molar-refractivity contribution < 1.29 is 13.2 Å². The summed E-state index contributed by atoms with van der Waals surface area (Å²) in [5, 5.41) is 11.3. The van der Waals surface area contributed by atoms with Gasteiger partial charge in [0, 0.05) is 19.5 Å². The van der Waals surface area contributed by atoms with Gasteiger partial charge in [0.05, 0.1) is 16.5 Å². The lowest BCUT2D eigenvalue weighted by Crippen LogP contribution is -2.31. The van der Waals surface area contributed by atoms with Crippen molar-refractivity contribution in [2.45, 2.75) is 24.7 Å². The topological polar surface area (TPSA) is 99.1 Å². The van der Waals surface area contributed by atoms with Gasteiger partial charge in [0.15, 0.2) is 0 Å². The number of nitriles is 1. The molecule has 0 atom stereocenters. The highest BCUT2D eigenvalue weighted by Gasteiger charge is 2.13. The Morgan fingerprint density at radius 1 is 1.25 bits per heavy atom. The lowest BCUT2D eigenvalue weighted by atomic mass is 10.2. The molecule has 1 aromatic carbocycles. The van der Waals surface area contributed by atoms with Crippen molar-refractivity contribution in [3.05, 3.63) is 29.8 Å². The van der Waals surface area contributed by atoms with Crippen LogP contribution >= 0.6 is 0 Å². The van der Waals surface area contributed by atoms with Gasteiger partial charge in [-0.3, -0.25) is 4.79 Å². The molecule has 1 amide bonds. The number of rotatable bonds is 7. The molecular formula is C13H17N3O3S. The van der Waals surface area contributed by atoms with Crippen molar-refractivity contribution in [2.75, 3.05) is 13.1 Å². The third-order valence-corrected chi connectivity index (χ3v) is 3.99. The molecule has 0 aliphatic heterocycles. The zero-order valence-corrected chi connectivity index (χ0v) is 12.0. The Bertz CT molecular complexity index is 588. The van der Waals surface area contributed by atoms with E-state index in [2.05, 4.69) is 10.0 Å². The van der Waals surface area contributed by atoms with Crippen LogP contribution in [0, 0.1) is 11.3 Å². The predicted molar refractivity (Wildman–Crippen MR) is 74.3 cm³/mol. The summed E-state index contributed by atoms with van der Waals surface area (Å²) in [5.74, 6) is -0.186. The average Bonchev–Trinajstić information content (AvgIpc) is 2.45. The van der Waals surface area contributed by atoms with Gasteiger partial charge in [-0.1, -0.05) is 6.92 Å². The molecule has 108 valence electrons. The minimum absolute atomic E-state index is 0.0396. The van der Waals surface area contributed by atoms with E-state index in [9.17, 15) is 13.2 Å². The highest BCUT2D eigenvalue weighted by atomic mass is 32.2. The first-order valence-corrected chi connectivity index (χ1v) is 7.74. The molecule has 0 unspecified atom stereocenters. The summed E-state index contributed by atoms with van der Waals surface area (Å²) in [5.41, 5.74) is 0.392. The fourth-order valence-corrected chi connectivity index (χ4v) is 2.48. The van der Waals surface area contributed by atoms with E-state index in [0.29, 0.717) is 12.1 Å². The van der Waals surface area contributed by atoms with Crippen molar-refractivity contribution in [3.63, 3.8) is 0 Å². The van der Waals surface area contributed by atoms with Crippen LogP contribution in [-0.4, -0.2) is 27.4 Å². The molecule has 6 nitrogen and oxygen atoms in total. The molecule has 1 rings (SSSR count). The van der Waals surface area contributed by atoms with Gasteiger partial charge in [0.25, 0.3) is 0 Å². The number of sulfonamides is 1. The summed E-state index contributed by atoms with van der Waals surface area (Å²) in [4.78, 5) is 11.4. The van der Waals surface area contributed by atoms with Gasteiger partial charge in [0.1, 0.15) is 0 Å². The molecule has 20 heavy (non-hydrogen) atoms. The Hall–Kier alpha value is -1.91. The van der Waals surface area contributed by atoms with Crippen molar-refractivity contribution >= 4 is 15.9 Å². The molecule has 1 aromatic rings. The summed E-state index contributed by atoms with van der Waals surface area (Å²) in [6, 6.07) is 7.50. The summed E-state index contributed by atoms with van der Waals surface area (Å²) in [6.07, 6.45) is 0.929. The molecule has 0 aliphatic carbocycles. The third-order valence-electron chi connectivity index (χ3n) is 2.51. The van der Waals surface area contributed by atoms with E-state index in [4.69, 9.17) is 5.26 Å². The van der Waals surface area contributed by atoms with E-state index in [0.717, 1.165) is 6.42 Å². The van der Waals surface area contributed by atoms with E-state index in [-0.39, 0.29) is 23.8 Å². The molecule has 0 aliphatic rings. The first-order chi connectivity index (χ1) is 9.49. The van der Waals surface area contributed by atoms with E-state index < -0.39 is 10.0 Å². The number of carbonyl (C=O) groups is 1. The molecule has 7 heteroatoms. The SMILES string of the molecule is CCCNC(=O)CCNS(=O)(=O)c1ccc(C#N)cc1. The minimum Gasteiger partial charge on any atom is -0.356 e. The van der Waals surface area contributed by atoms with Gasteiger partial charge in [-0.15, -0.1) is 0 Å². The fourth-order valence-electron chi connectivity index (χ4n) is 1.44. The second kappa shape index (κ2) is 7.62. The molecule has 0 heterocycles. The van der Waals surface area contributed by atoms with E-state index in [1.165, 1.54) is 24.3 Å². The lowest BCUT2D eigenvalue weighted by Gasteiger charge is -2.07. The number of nitrogens with zero attached hydrogens (tertiary/aromatic N) is 1. The maximum Gasteiger partial charge on any atom is 0.240 e. The van der Waals surface area contributed by atoms with E-state index in [1.54, 1.807) is 0 Å². The Labute approximate surface area is 118 Å². The molecule has 2 N–H and O–H groups in total. The van der Waals surface area contributed by atoms with Gasteiger partial charge in [-0.25, -0.2) is 13.1 Å². The summed E-state index contributed by atoms with van der Waals surface area (Å²) in [7, 11) is -3.64. The quantitative estimate of drug-likeness (QED) is 0.775. The zero-order valence-electron chi connectivity index (χ0n) is 11.2. The molecule has 0 saturated carbocycles. The van der Waals surface area contributed by atoms with Gasteiger partial charge in [-0.2, -0.15) is 5.26 Å².